The van der Waals surface area contributed by atoms with Crippen LogP contribution in [0.5, 0.6) is 0 Å². The van der Waals surface area contributed by atoms with Crippen LogP contribution in [0, 0.1) is 0 Å². The van der Waals surface area contributed by atoms with E-state index in [0.29, 0.717) is 23.1 Å². The molecule has 1 heterocycles. The molecule has 1 aliphatic heterocycles. The van der Waals surface area contributed by atoms with Gasteiger partial charge in [0, 0.05) is 23.2 Å². The molecule has 1 N–H and O–H groups in total. The summed E-state index contributed by atoms with van der Waals surface area (Å²) in [5.41, 5.74) is 2.06. The topological polar surface area (TPSA) is 66.5 Å². The third-order valence-corrected chi connectivity index (χ3v) is 7.30. The number of hydrogen-bond acceptors (Lipinski definition) is 3. The van der Waals surface area contributed by atoms with Gasteiger partial charge < -0.3 is 5.32 Å². The van der Waals surface area contributed by atoms with E-state index in [1.54, 1.807) is 6.07 Å². The minimum atomic E-state index is -3.57. The molecule has 1 fully saturated rings. The summed E-state index contributed by atoms with van der Waals surface area (Å²) in [6.45, 7) is 5.18. The molecular formula is C20H23BrN2O3S. The van der Waals surface area contributed by atoms with Gasteiger partial charge in [-0.25, -0.2) is 8.42 Å². The van der Waals surface area contributed by atoms with Crippen LogP contribution in [0.3, 0.4) is 0 Å². The summed E-state index contributed by atoms with van der Waals surface area (Å²) in [6.07, 6.45) is 1.74. The fraction of sp³-hybridized carbons (Fsp3) is 0.350. The maximum atomic E-state index is 12.9. The average Bonchev–Trinajstić information content (AvgIpc) is 3.17. The molecule has 2 aromatic carbocycles. The molecule has 0 aliphatic carbocycles. The van der Waals surface area contributed by atoms with Gasteiger partial charge in [-0.3, -0.25) is 4.79 Å². The number of hydrogen-bond donors (Lipinski definition) is 1. The number of para-hydroxylation sites is 1. The van der Waals surface area contributed by atoms with Gasteiger partial charge >= 0.3 is 0 Å². The zero-order valence-electron chi connectivity index (χ0n) is 15.4. The van der Waals surface area contributed by atoms with E-state index in [9.17, 15) is 13.2 Å². The van der Waals surface area contributed by atoms with Crippen molar-refractivity contribution in [2.24, 2.45) is 0 Å². The molecule has 0 unspecified atom stereocenters. The van der Waals surface area contributed by atoms with Gasteiger partial charge in [-0.2, -0.15) is 4.31 Å². The maximum Gasteiger partial charge on any atom is 0.256 e. The molecule has 0 atom stereocenters. The van der Waals surface area contributed by atoms with Gasteiger partial charge in [0.25, 0.3) is 5.91 Å². The molecule has 0 aromatic heterocycles. The Morgan fingerprint density at radius 1 is 1.11 bits per heavy atom. The van der Waals surface area contributed by atoms with Crippen LogP contribution in [-0.4, -0.2) is 31.7 Å². The van der Waals surface area contributed by atoms with E-state index in [0.717, 1.165) is 24.1 Å². The van der Waals surface area contributed by atoms with E-state index in [1.807, 2.05) is 24.3 Å². The SMILES string of the molecule is CC(C)c1ccccc1NC(=O)c1cc(S(=O)(=O)N2CCCC2)ccc1Br. The molecule has 2 aromatic rings. The molecule has 27 heavy (non-hydrogen) atoms. The van der Waals surface area contributed by atoms with Gasteiger partial charge in [0.2, 0.25) is 10.0 Å². The number of carbonyl (C=O) groups excluding carboxylic acids is 1. The minimum absolute atomic E-state index is 0.148. The van der Waals surface area contributed by atoms with Gasteiger partial charge in [-0.1, -0.05) is 32.0 Å². The van der Waals surface area contributed by atoms with Crippen molar-refractivity contribution in [1.82, 2.24) is 4.31 Å². The number of halogens is 1. The lowest BCUT2D eigenvalue weighted by Gasteiger charge is -2.17. The lowest BCUT2D eigenvalue weighted by Crippen LogP contribution is -2.28. The van der Waals surface area contributed by atoms with Crippen LogP contribution in [0.1, 0.15) is 48.5 Å². The first-order valence-electron chi connectivity index (χ1n) is 9.00. The van der Waals surface area contributed by atoms with Crippen molar-refractivity contribution in [3.05, 3.63) is 58.1 Å². The van der Waals surface area contributed by atoms with E-state index in [-0.39, 0.29) is 16.7 Å². The number of sulfonamides is 1. The van der Waals surface area contributed by atoms with Crippen LogP contribution < -0.4 is 5.32 Å². The Kier molecular flexibility index (Phi) is 6.03. The van der Waals surface area contributed by atoms with Crippen molar-refractivity contribution in [2.45, 2.75) is 37.5 Å². The Bertz CT molecular complexity index is 951. The molecule has 1 aliphatic rings. The zero-order valence-corrected chi connectivity index (χ0v) is 17.8. The number of benzene rings is 2. The van der Waals surface area contributed by atoms with Gasteiger partial charge in [0.15, 0.2) is 0 Å². The number of nitrogens with zero attached hydrogens (tertiary/aromatic N) is 1. The normalized spacial score (nSPS) is 15.3. The highest BCUT2D eigenvalue weighted by Gasteiger charge is 2.28. The molecule has 0 spiro atoms. The monoisotopic (exact) mass is 450 g/mol. The number of rotatable bonds is 5. The third kappa shape index (κ3) is 4.25. The lowest BCUT2D eigenvalue weighted by molar-refractivity contribution is 0.102. The predicted molar refractivity (Wildman–Crippen MR) is 111 cm³/mol. The number of anilines is 1. The molecule has 144 valence electrons. The molecule has 7 heteroatoms. The summed E-state index contributed by atoms with van der Waals surface area (Å²) in [6, 6.07) is 12.2. The minimum Gasteiger partial charge on any atom is -0.322 e. The standard InChI is InChI=1S/C20H23BrN2O3S/c1-14(2)16-7-3-4-8-19(16)22-20(24)17-13-15(9-10-18(17)21)27(25,26)23-11-5-6-12-23/h3-4,7-10,13-14H,5-6,11-12H2,1-2H3,(H,22,24). The van der Waals surface area contributed by atoms with Crippen LogP contribution >= 0.6 is 15.9 Å². The van der Waals surface area contributed by atoms with Crippen molar-refractivity contribution in [1.29, 1.82) is 0 Å². The van der Waals surface area contributed by atoms with Crippen LogP contribution in [-0.2, 0) is 10.0 Å². The highest BCUT2D eigenvalue weighted by Crippen LogP contribution is 2.28. The third-order valence-electron chi connectivity index (χ3n) is 4.72. The quantitative estimate of drug-likeness (QED) is 0.722. The second-order valence-electron chi connectivity index (χ2n) is 6.95. The van der Waals surface area contributed by atoms with E-state index in [1.165, 1.54) is 16.4 Å². The van der Waals surface area contributed by atoms with Crippen molar-refractivity contribution in [2.75, 3.05) is 18.4 Å². The fourth-order valence-corrected chi connectivity index (χ4v) is 5.19. The number of amides is 1. The molecule has 0 bridgehead atoms. The largest absolute Gasteiger partial charge is 0.322 e. The molecular weight excluding hydrogens is 428 g/mol. The highest BCUT2D eigenvalue weighted by molar-refractivity contribution is 9.10. The first-order valence-corrected chi connectivity index (χ1v) is 11.2. The van der Waals surface area contributed by atoms with Crippen molar-refractivity contribution >= 4 is 37.5 Å². The summed E-state index contributed by atoms with van der Waals surface area (Å²) < 4.78 is 27.6. The highest BCUT2D eigenvalue weighted by atomic mass is 79.9. The van der Waals surface area contributed by atoms with E-state index in [2.05, 4.69) is 35.1 Å². The molecule has 0 radical (unpaired) electrons. The van der Waals surface area contributed by atoms with Crippen molar-refractivity contribution in [3.8, 4) is 0 Å². The molecule has 1 amide bonds. The van der Waals surface area contributed by atoms with Crippen molar-refractivity contribution < 1.29 is 13.2 Å². The molecule has 1 saturated heterocycles. The maximum absolute atomic E-state index is 12.9. The van der Waals surface area contributed by atoms with Gasteiger partial charge in [-0.15, -0.1) is 0 Å². The molecule has 0 saturated carbocycles. The first kappa shape index (κ1) is 20.0. The van der Waals surface area contributed by atoms with Gasteiger partial charge in [0.1, 0.15) is 0 Å². The van der Waals surface area contributed by atoms with Gasteiger partial charge in [-0.05, 0) is 64.5 Å². The summed E-state index contributed by atoms with van der Waals surface area (Å²) in [4.78, 5) is 13.0. The number of carbonyl (C=O) groups is 1. The predicted octanol–water partition coefficient (Wildman–Crippen LogP) is 4.61. The van der Waals surface area contributed by atoms with Gasteiger partial charge in [0.05, 0.1) is 10.5 Å². The number of nitrogens with one attached hydrogen (secondary N) is 1. The summed E-state index contributed by atoms with van der Waals surface area (Å²) >= 11 is 3.37. The molecule has 3 rings (SSSR count). The Balaban J connectivity index is 1.92. The Morgan fingerprint density at radius 2 is 1.78 bits per heavy atom. The summed E-state index contributed by atoms with van der Waals surface area (Å²) in [5, 5.41) is 2.92. The van der Waals surface area contributed by atoms with Crippen LogP contribution in [0.2, 0.25) is 0 Å². The average molecular weight is 451 g/mol. The van der Waals surface area contributed by atoms with Crippen LogP contribution in [0.25, 0.3) is 0 Å². The molecule has 5 nitrogen and oxygen atoms in total. The summed E-state index contributed by atoms with van der Waals surface area (Å²) in [7, 11) is -3.57. The first-order chi connectivity index (χ1) is 12.8. The van der Waals surface area contributed by atoms with Crippen molar-refractivity contribution in [3.63, 3.8) is 0 Å². The Labute approximate surface area is 169 Å². The van der Waals surface area contributed by atoms with E-state index >= 15 is 0 Å². The van der Waals surface area contributed by atoms with E-state index < -0.39 is 10.0 Å². The second-order valence-corrected chi connectivity index (χ2v) is 9.74. The smallest absolute Gasteiger partial charge is 0.256 e. The summed E-state index contributed by atoms with van der Waals surface area (Å²) in [5.74, 6) is -0.0831. The van der Waals surface area contributed by atoms with E-state index in [4.69, 9.17) is 0 Å². The fourth-order valence-electron chi connectivity index (χ4n) is 3.22. The second kappa shape index (κ2) is 8.12. The van der Waals surface area contributed by atoms with Crippen LogP contribution in [0.15, 0.2) is 51.8 Å². The lowest BCUT2D eigenvalue weighted by atomic mass is 10.0. The zero-order chi connectivity index (χ0) is 19.6. The Hall–Kier alpha value is -1.70. The Morgan fingerprint density at radius 3 is 2.44 bits per heavy atom. The van der Waals surface area contributed by atoms with Crippen LogP contribution in [0.4, 0.5) is 5.69 Å².